The lowest BCUT2D eigenvalue weighted by Gasteiger charge is -2.25. The van der Waals surface area contributed by atoms with Crippen molar-refractivity contribution in [3.8, 4) is 17.2 Å². The van der Waals surface area contributed by atoms with Crippen molar-refractivity contribution in [3.05, 3.63) is 36.2 Å². The molecule has 0 spiro atoms. The van der Waals surface area contributed by atoms with Gasteiger partial charge in [-0.2, -0.15) is 5.10 Å². The molecule has 2 heterocycles. The molecule has 100 valence electrons. The Morgan fingerprint density at radius 3 is 3.16 bits per heavy atom. The number of hydrogen-bond acceptors (Lipinski definition) is 5. The van der Waals surface area contributed by atoms with Gasteiger partial charge in [0.2, 0.25) is 0 Å². The number of aromatic nitrogens is 2. The van der Waals surface area contributed by atoms with Gasteiger partial charge in [0, 0.05) is 24.4 Å². The summed E-state index contributed by atoms with van der Waals surface area (Å²) in [6, 6.07) is 5.51. The van der Waals surface area contributed by atoms with Crippen LogP contribution < -0.4 is 19.9 Å². The quantitative estimate of drug-likeness (QED) is 0.860. The summed E-state index contributed by atoms with van der Waals surface area (Å²) in [7, 11) is 0. The van der Waals surface area contributed by atoms with Gasteiger partial charge in [0.15, 0.2) is 11.5 Å². The molecule has 0 saturated carbocycles. The minimum absolute atomic E-state index is 0.100. The molecule has 2 aromatic rings. The smallest absolute Gasteiger partial charge is 0.165 e. The van der Waals surface area contributed by atoms with E-state index in [1.807, 2.05) is 18.2 Å². The Labute approximate surface area is 110 Å². The van der Waals surface area contributed by atoms with Crippen LogP contribution >= 0.6 is 0 Å². The van der Waals surface area contributed by atoms with Gasteiger partial charge in [0.1, 0.15) is 25.1 Å². The van der Waals surface area contributed by atoms with Crippen LogP contribution in [0.3, 0.4) is 0 Å². The first-order chi connectivity index (χ1) is 9.35. The summed E-state index contributed by atoms with van der Waals surface area (Å²) < 4.78 is 16.9. The van der Waals surface area contributed by atoms with E-state index < -0.39 is 0 Å². The Balaban J connectivity index is 1.70. The van der Waals surface area contributed by atoms with Crippen molar-refractivity contribution >= 4 is 0 Å². The maximum atomic E-state index is 5.71. The minimum atomic E-state index is -0.100. The zero-order chi connectivity index (χ0) is 13.1. The molecule has 1 aromatic heterocycles. The molecule has 0 amide bonds. The van der Waals surface area contributed by atoms with E-state index in [1.165, 1.54) is 0 Å². The fourth-order valence-corrected chi connectivity index (χ4v) is 1.83. The Bertz CT molecular complexity index is 542. The second-order valence-electron chi connectivity index (χ2n) is 4.29. The van der Waals surface area contributed by atoms with Crippen LogP contribution in [0.5, 0.6) is 17.2 Å². The second-order valence-corrected chi connectivity index (χ2v) is 4.29. The van der Waals surface area contributed by atoms with Gasteiger partial charge in [-0.1, -0.05) is 0 Å². The minimum Gasteiger partial charge on any atom is -0.489 e. The van der Waals surface area contributed by atoms with E-state index in [-0.39, 0.29) is 6.10 Å². The Kier molecular flexibility index (Phi) is 3.24. The number of nitrogens with one attached hydrogen (secondary N) is 1. The molecule has 6 nitrogen and oxygen atoms in total. The van der Waals surface area contributed by atoms with Crippen molar-refractivity contribution in [1.29, 1.82) is 0 Å². The van der Waals surface area contributed by atoms with Crippen molar-refractivity contribution in [1.82, 2.24) is 10.2 Å². The molecule has 1 aliphatic heterocycles. The summed E-state index contributed by atoms with van der Waals surface area (Å²) in [4.78, 5) is 0. The lowest BCUT2D eigenvalue weighted by atomic mass is 10.2. The predicted molar refractivity (Wildman–Crippen MR) is 68.3 cm³/mol. The summed E-state index contributed by atoms with van der Waals surface area (Å²) in [6.07, 6.45) is 3.42. The Morgan fingerprint density at radius 1 is 1.42 bits per heavy atom. The van der Waals surface area contributed by atoms with Crippen molar-refractivity contribution in [2.45, 2.75) is 12.7 Å². The lowest BCUT2D eigenvalue weighted by Crippen LogP contribution is -2.35. The van der Waals surface area contributed by atoms with Crippen LogP contribution in [0.2, 0.25) is 0 Å². The molecule has 0 radical (unpaired) electrons. The number of rotatable bonds is 4. The predicted octanol–water partition coefficient (Wildman–Crippen LogP) is 1.09. The normalized spacial score (nSPS) is 17.2. The number of benzene rings is 1. The third-order valence-corrected chi connectivity index (χ3v) is 2.86. The summed E-state index contributed by atoms with van der Waals surface area (Å²) in [5.41, 5.74) is 6.56. The van der Waals surface area contributed by atoms with E-state index in [1.54, 1.807) is 12.4 Å². The fraction of sp³-hybridized carbons (Fsp3) is 0.308. The summed E-state index contributed by atoms with van der Waals surface area (Å²) in [5, 5.41) is 6.60. The molecular formula is C13H15N3O3. The second kappa shape index (κ2) is 5.19. The van der Waals surface area contributed by atoms with Crippen LogP contribution in [0.4, 0.5) is 0 Å². The third kappa shape index (κ3) is 2.63. The fourth-order valence-electron chi connectivity index (χ4n) is 1.83. The van der Waals surface area contributed by atoms with E-state index in [9.17, 15) is 0 Å². The van der Waals surface area contributed by atoms with Gasteiger partial charge in [-0.15, -0.1) is 0 Å². The molecule has 0 bridgehead atoms. The summed E-state index contributed by atoms with van der Waals surface area (Å²) >= 11 is 0. The zero-order valence-corrected chi connectivity index (χ0v) is 10.3. The van der Waals surface area contributed by atoms with Gasteiger partial charge >= 0.3 is 0 Å². The molecule has 3 rings (SSSR count). The highest BCUT2D eigenvalue weighted by Crippen LogP contribution is 2.35. The molecule has 19 heavy (non-hydrogen) atoms. The molecule has 1 atom stereocenters. The van der Waals surface area contributed by atoms with E-state index in [0.717, 1.165) is 17.1 Å². The monoisotopic (exact) mass is 261 g/mol. The first-order valence-electron chi connectivity index (χ1n) is 6.09. The molecular weight excluding hydrogens is 246 g/mol. The van der Waals surface area contributed by atoms with E-state index in [2.05, 4.69) is 10.2 Å². The van der Waals surface area contributed by atoms with Gasteiger partial charge in [-0.05, 0) is 12.1 Å². The molecule has 0 unspecified atom stereocenters. The van der Waals surface area contributed by atoms with Crippen molar-refractivity contribution in [2.75, 3.05) is 13.2 Å². The summed E-state index contributed by atoms with van der Waals surface area (Å²) in [6.45, 7) is 1.37. The number of hydrogen-bond donors (Lipinski definition) is 2. The van der Waals surface area contributed by atoms with Crippen LogP contribution in [-0.2, 0) is 6.61 Å². The van der Waals surface area contributed by atoms with E-state index in [0.29, 0.717) is 25.5 Å². The van der Waals surface area contributed by atoms with Gasteiger partial charge in [0.05, 0.1) is 6.20 Å². The SMILES string of the molecule is NC[C@@H]1COc2ccc(OCc3cn[nH]c3)cc2O1. The number of H-pyrrole nitrogens is 1. The first-order valence-corrected chi connectivity index (χ1v) is 6.09. The molecule has 0 fully saturated rings. The van der Waals surface area contributed by atoms with Crippen LogP contribution in [-0.4, -0.2) is 29.5 Å². The van der Waals surface area contributed by atoms with Crippen LogP contribution in [0, 0.1) is 0 Å². The molecule has 1 aromatic carbocycles. The van der Waals surface area contributed by atoms with Gasteiger partial charge in [-0.25, -0.2) is 0 Å². The standard InChI is InChI=1S/C13H15N3O3/c14-4-11-8-18-12-2-1-10(3-13(12)19-11)17-7-9-5-15-16-6-9/h1-3,5-6,11H,4,7-8,14H2,(H,15,16)/t11-/m1/s1. The van der Waals surface area contributed by atoms with E-state index >= 15 is 0 Å². The largest absolute Gasteiger partial charge is 0.489 e. The van der Waals surface area contributed by atoms with Crippen LogP contribution in [0.15, 0.2) is 30.6 Å². The number of aromatic amines is 1. The highest BCUT2D eigenvalue weighted by atomic mass is 16.6. The first kappa shape index (κ1) is 11.9. The Hall–Kier alpha value is -2.21. The lowest BCUT2D eigenvalue weighted by molar-refractivity contribution is 0.0962. The van der Waals surface area contributed by atoms with Crippen LogP contribution in [0.1, 0.15) is 5.56 Å². The van der Waals surface area contributed by atoms with E-state index in [4.69, 9.17) is 19.9 Å². The number of fused-ring (bicyclic) bond motifs is 1. The molecule has 6 heteroatoms. The molecule has 3 N–H and O–H groups in total. The average Bonchev–Trinajstić information content (AvgIpc) is 2.97. The molecule has 0 saturated heterocycles. The van der Waals surface area contributed by atoms with Gasteiger partial charge in [0.25, 0.3) is 0 Å². The maximum absolute atomic E-state index is 5.71. The highest BCUT2D eigenvalue weighted by molar-refractivity contribution is 5.46. The zero-order valence-electron chi connectivity index (χ0n) is 10.3. The number of nitrogens with zero attached hydrogens (tertiary/aromatic N) is 1. The Morgan fingerprint density at radius 2 is 2.37 bits per heavy atom. The molecule has 1 aliphatic rings. The molecule has 0 aliphatic carbocycles. The van der Waals surface area contributed by atoms with Crippen molar-refractivity contribution < 1.29 is 14.2 Å². The number of nitrogens with two attached hydrogens (primary N) is 1. The van der Waals surface area contributed by atoms with Gasteiger partial charge < -0.3 is 19.9 Å². The summed E-state index contributed by atoms with van der Waals surface area (Å²) in [5.74, 6) is 2.12. The highest BCUT2D eigenvalue weighted by Gasteiger charge is 2.20. The average molecular weight is 261 g/mol. The number of ether oxygens (including phenoxy) is 3. The third-order valence-electron chi connectivity index (χ3n) is 2.86. The van der Waals surface area contributed by atoms with Crippen molar-refractivity contribution in [3.63, 3.8) is 0 Å². The van der Waals surface area contributed by atoms with Crippen LogP contribution in [0.25, 0.3) is 0 Å². The van der Waals surface area contributed by atoms with Gasteiger partial charge in [-0.3, -0.25) is 5.10 Å². The van der Waals surface area contributed by atoms with Crippen molar-refractivity contribution in [2.24, 2.45) is 5.73 Å². The topological polar surface area (TPSA) is 82.4 Å². The maximum Gasteiger partial charge on any atom is 0.165 e.